The highest BCUT2D eigenvalue weighted by Gasteiger charge is 2.21. The Hall–Kier alpha value is -2.47. The lowest BCUT2D eigenvalue weighted by Gasteiger charge is -2.10. The summed E-state index contributed by atoms with van der Waals surface area (Å²) in [5.74, 6) is 1.07. The van der Waals surface area contributed by atoms with E-state index in [1.807, 2.05) is 19.9 Å². The molecule has 3 aromatic rings. The van der Waals surface area contributed by atoms with Crippen LogP contribution in [0.25, 0.3) is 10.2 Å². The number of nitrogens with zero attached hydrogens (tertiary/aromatic N) is 2. The van der Waals surface area contributed by atoms with E-state index in [-0.39, 0.29) is 5.97 Å². The van der Waals surface area contributed by atoms with E-state index in [1.54, 1.807) is 6.92 Å². The van der Waals surface area contributed by atoms with E-state index < -0.39 is 0 Å². The predicted molar refractivity (Wildman–Crippen MR) is 102 cm³/mol. The summed E-state index contributed by atoms with van der Waals surface area (Å²) in [5.41, 5.74) is 4.27. The molecule has 1 N–H and O–H groups in total. The Morgan fingerprint density at radius 3 is 2.60 bits per heavy atom. The zero-order chi connectivity index (χ0) is 18.1. The smallest absolute Gasteiger partial charge is 0.348 e. The third kappa shape index (κ3) is 3.35. The number of aryl methyl sites for hydroxylation is 4. The second-order valence-corrected chi connectivity index (χ2v) is 7.00. The lowest BCUT2D eigenvalue weighted by molar-refractivity contribution is 0.0531. The van der Waals surface area contributed by atoms with Gasteiger partial charge >= 0.3 is 5.97 Å². The average molecular weight is 355 g/mol. The van der Waals surface area contributed by atoms with Gasteiger partial charge in [-0.2, -0.15) is 0 Å². The molecule has 2 heterocycles. The van der Waals surface area contributed by atoms with E-state index in [4.69, 9.17) is 4.74 Å². The molecule has 0 unspecified atom stereocenters. The maximum Gasteiger partial charge on any atom is 0.348 e. The van der Waals surface area contributed by atoms with Crippen LogP contribution >= 0.6 is 11.3 Å². The summed E-state index contributed by atoms with van der Waals surface area (Å²) < 4.78 is 5.16. The van der Waals surface area contributed by atoms with Gasteiger partial charge in [-0.25, -0.2) is 14.8 Å². The number of thiophene rings is 1. The zero-order valence-corrected chi connectivity index (χ0v) is 15.9. The molecule has 0 saturated carbocycles. The fourth-order valence-electron chi connectivity index (χ4n) is 2.68. The van der Waals surface area contributed by atoms with Gasteiger partial charge in [0.25, 0.3) is 0 Å². The monoisotopic (exact) mass is 355 g/mol. The number of anilines is 2. The number of carbonyl (C=O) groups excluding carboxylic acids is 1. The molecule has 0 fully saturated rings. The van der Waals surface area contributed by atoms with Crippen molar-refractivity contribution < 1.29 is 9.53 Å². The highest BCUT2D eigenvalue weighted by atomic mass is 32.1. The van der Waals surface area contributed by atoms with Gasteiger partial charge in [-0.3, -0.25) is 0 Å². The van der Waals surface area contributed by atoms with Crippen LogP contribution in [0.3, 0.4) is 0 Å². The molecule has 0 aliphatic heterocycles. The molecule has 0 radical (unpaired) electrons. The number of esters is 1. The number of hydrogen-bond acceptors (Lipinski definition) is 6. The summed E-state index contributed by atoms with van der Waals surface area (Å²) in [6.07, 6.45) is 0. The molecule has 0 saturated heterocycles. The van der Waals surface area contributed by atoms with Crippen molar-refractivity contribution in [2.45, 2.75) is 34.6 Å². The summed E-state index contributed by atoms with van der Waals surface area (Å²) in [5, 5.41) is 4.26. The number of aromatic nitrogens is 2. The molecule has 5 nitrogen and oxygen atoms in total. The topological polar surface area (TPSA) is 64.1 Å². The van der Waals surface area contributed by atoms with Gasteiger partial charge in [-0.1, -0.05) is 6.07 Å². The van der Waals surface area contributed by atoms with Crippen LogP contribution in [0.5, 0.6) is 0 Å². The largest absolute Gasteiger partial charge is 0.462 e. The van der Waals surface area contributed by atoms with Crippen molar-refractivity contribution in [3.63, 3.8) is 0 Å². The molecule has 0 amide bonds. The summed E-state index contributed by atoms with van der Waals surface area (Å²) in [6.45, 7) is 10.1. The summed E-state index contributed by atoms with van der Waals surface area (Å²) in [7, 11) is 0. The predicted octanol–water partition coefficient (Wildman–Crippen LogP) is 4.85. The molecule has 2 aromatic heterocycles. The molecule has 0 spiro atoms. The number of rotatable bonds is 4. The van der Waals surface area contributed by atoms with E-state index in [0.717, 1.165) is 27.3 Å². The molecule has 1 aromatic carbocycles. The molecule has 0 bridgehead atoms. The molecule has 25 heavy (non-hydrogen) atoms. The number of carbonyl (C=O) groups is 1. The van der Waals surface area contributed by atoms with Crippen LogP contribution in [-0.2, 0) is 4.74 Å². The van der Waals surface area contributed by atoms with Crippen molar-refractivity contribution in [1.29, 1.82) is 0 Å². The lowest BCUT2D eigenvalue weighted by Crippen LogP contribution is -2.04. The normalized spacial score (nSPS) is 10.9. The molecule has 3 rings (SSSR count). The summed E-state index contributed by atoms with van der Waals surface area (Å²) in [4.78, 5) is 22.6. The lowest BCUT2D eigenvalue weighted by atomic mass is 10.1. The molecule has 6 heteroatoms. The third-order valence-corrected chi connectivity index (χ3v) is 5.30. The van der Waals surface area contributed by atoms with Crippen LogP contribution in [-0.4, -0.2) is 22.5 Å². The third-order valence-electron chi connectivity index (χ3n) is 4.13. The Morgan fingerprint density at radius 1 is 1.16 bits per heavy atom. The minimum Gasteiger partial charge on any atom is -0.462 e. The van der Waals surface area contributed by atoms with Gasteiger partial charge < -0.3 is 10.1 Å². The first-order valence-electron chi connectivity index (χ1n) is 8.19. The first-order valence-corrected chi connectivity index (χ1v) is 9.01. The number of hydrogen-bond donors (Lipinski definition) is 1. The number of fused-ring (bicyclic) bond motifs is 1. The quantitative estimate of drug-likeness (QED) is 0.678. The SMILES string of the molecule is CCOC(=O)c1sc2nc(C)nc(Nc3ccc(C)c(C)c3)c2c1C. The Morgan fingerprint density at radius 2 is 1.92 bits per heavy atom. The second-order valence-electron chi connectivity index (χ2n) is 6.00. The number of benzene rings is 1. The van der Waals surface area contributed by atoms with Crippen LogP contribution in [0.1, 0.15) is 39.1 Å². The van der Waals surface area contributed by atoms with Crippen LogP contribution in [0, 0.1) is 27.7 Å². The highest BCUT2D eigenvalue weighted by molar-refractivity contribution is 7.20. The van der Waals surface area contributed by atoms with E-state index >= 15 is 0 Å². The van der Waals surface area contributed by atoms with Crippen LogP contribution in [0.4, 0.5) is 11.5 Å². The summed E-state index contributed by atoms with van der Waals surface area (Å²) >= 11 is 1.35. The van der Waals surface area contributed by atoms with Gasteiger partial charge in [0.05, 0.1) is 12.0 Å². The van der Waals surface area contributed by atoms with Crippen LogP contribution in [0.2, 0.25) is 0 Å². The number of ether oxygens (including phenoxy) is 1. The maximum atomic E-state index is 12.2. The molecule has 0 aliphatic rings. The van der Waals surface area contributed by atoms with E-state index in [2.05, 4.69) is 41.3 Å². The fraction of sp³-hybridized carbons (Fsp3) is 0.316. The van der Waals surface area contributed by atoms with Gasteiger partial charge in [0.15, 0.2) is 0 Å². The van der Waals surface area contributed by atoms with Crippen molar-refractivity contribution in [3.05, 3.63) is 45.6 Å². The van der Waals surface area contributed by atoms with Crippen molar-refractivity contribution >= 4 is 39.0 Å². The van der Waals surface area contributed by atoms with Crippen LogP contribution in [0.15, 0.2) is 18.2 Å². The summed E-state index contributed by atoms with van der Waals surface area (Å²) in [6, 6.07) is 6.19. The van der Waals surface area contributed by atoms with Crippen LogP contribution < -0.4 is 5.32 Å². The van der Waals surface area contributed by atoms with Crippen molar-refractivity contribution in [2.24, 2.45) is 0 Å². The van der Waals surface area contributed by atoms with Gasteiger partial charge in [0, 0.05) is 5.69 Å². The molecular weight excluding hydrogens is 334 g/mol. The molecule has 130 valence electrons. The van der Waals surface area contributed by atoms with Gasteiger partial charge in [-0.05, 0) is 63.4 Å². The first-order chi connectivity index (χ1) is 11.9. The van der Waals surface area contributed by atoms with E-state index in [0.29, 0.717) is 17.3 Å². The highest BCUT2D eigenvalue weighted by Crippen LogP contribution is 2.35. The first kappa shape index (κ1) is 17.4. The minimum atomic E-state index is -0.308. The van der Waals surface area contributed by atoms with Gasteiger partial charge in [-0.15, -0.1) is 11.3 Å². The van der Waals surface area contributed by atoms with Crippen molar-refractivity contribution in [3.8, 4) is 0 Å². The van der Waals surface area contributed by atoms with Gasteiger partial charge in [0.1, 0.15) is 21.3 Å². The Balaban J connectivity index is 2.10. The standard InChI is InChI=1S/C19H21N3O2S/c1-6-24-19(23)16-12(4)15-17(20-13(5)21-18(15)25-16)22-14-8-7-10(2)11(3)9-14/h7-9H,6H2,1-5H3,(H,20,21,22). The van der Waals surface area contributed by atoms with E-state index in [1.165, 1.54) is 22.5 Å². The van der Waals surface area contributed by atoms with E-state index in [9.17, 15) is 4.79 Å². The molecule has 0 atom stereocenters. The zero-order valence-electron chi connectivity index (χ0n) is 15.1. The van der Waals surface area contributed by atoms with Gasteiger partial charge in [0.2, 0.25) is 0 Å². The molecule has 0 aliphatic carbocycles. The fourth-order valence-corrected chi connectivity index (χ4v) is 3.80. The average Bonchev–Trinajstić information content (AvgIpc) is 2.88. The minimum absolute atomic E-state index is 0.308. The molecular formula is C19H21N3O2S. The Labute approximate surface area is 151 Å². The maximum absolute atomic E-state index is 12.2. The number of nitrogens with one attached hydrogen (secondary N) is 1. The Bertz CT molecular complexity index is 963. The Kier molecular flexibility index (Phi) is 4.72. The van der Waals surface area contributed by atoms with Crippen molar-refractivity contribution in [1.82, 2.24) is 9.97 Å². The second kappa shape index (κ2) is 6.80. The van der Waals surface area contributed by atoms with Crippen molar-refractivity contribution in [2.75, 3.05) is 11.9 Å².